The summed E-state index contributed by atoms with van der Waals surface area (Å²) in [6, 6.07) is 4.24. The van der Waals surface area contributed by atoms with Crippen LogP contribution in [-0.2, 0) is 18.1 Å². The maximum atomic E-state index is 12.8. The summed E-state index contributed by atoms with van der Waals surface area (Å²) >= 11 is 0. The zero-order valence-corrected chi connectivity index (χ0v) is 10.1. The summed E-state index contributed by atoms with van der Waals surface area (Å²) < 4.78 is 38.5. The van der Waals surface area contributed by atoms with Crippen molar-refractivity contribution in [3.8, 4) is 0 Å². The van der Waals surface area contributed by atoms with Crippen LogP contribution in [0.1, 0.15) is 42.4 Å². The second-order valence-corrected chi connectivity index (χ2v) is 5.46. The molecule has 1 aliphatic heterocycles. The SMILES string of the molecule is FC(F)(F)c1ccc2c(c1)C1(CCCC1)CNC2. The van der Waals surface area contributed by atoms with Crippen molar-refractivity contribution in [1.29, 1.82) is 0 Å². The lowest BCUT2D eigenvalue weighted by Crippen LogP contribution is -2.41. The van der Waals surface area contributed by atoms with E-state index in [-0.39, 0.29) is 5.41 Å². The quantitative estimate of drug-likeness (QED) is 0.746. The molecule has 1 nitrogen and oxygen atoms in total. The molecule has 18 heavy (non-hydrogen) atoms. The van der Waals surface area contributed by atoms with Gasteiger partial charge < -0.3 is 5.32 Å². The first-order chi connectivity index (χ1) is 8.51. The fourth-order valence-electron chi connectivity index (χ4n) is 3.43. The van der Waals surface area contributed by atoms with E-state index in [0.717, 1.165) is 43.4 Å². The van der Waals surface area contributed by atoms with Crippen molar-refractivity contribution in [2.24, 2.45) is 0 Å². The molecule has 1 N–H and O–H groups in total. The van der Waals surface area contributed by atoms with E-state index in [9.17, 15) is 13.2 Å². The standard InChI is InChI=1S/C14H16F3N/c15-14(16,17)11-4-3-10-8-18-9-13(12(10)7-11)5-1-2-6-13/h3-4,7,18H,1-2,5-6,8-9H2. The van der Waals surface area contributed by atoms with Crippen LogP contribution in [-0.4, -0.2) is 6.54 Å². The zero-order valence-electron chi connectivity index (χ0n) is 10.1. The number of hydrogen-bond acceptors (Lipinski definition) is 1. The molecule has 98 valence electrons. The fourth-order valence-corrected chi connectivity index (χ4v) is 3.43. The van der Waals surface area contributed by atoms with Crippen LogP contribution in [0.15, 0.2) is 18.2 Å². The first-order valence-corrected chi connectivity index (χ1v) is 6.43. The minimum absolute atomic E-state index is 0.0468. The molecule has 1 heterocycles. The second kappa shape index (κ2) is 3.98. The normalized spacial score (nSPS) is 22.2. The molecule has 3 rings (SSSR count). The van der Waals surface area contributed by atoms with Crippen LogP contribution >= 0.6 is 0 Å². The van der Waals surface area contributed by atoms with Crippen LogP contribution in [0.3, 0.4) is 0 Å². The van der Waals surface area contributed by atoms with Crippen molar-refractivity contribution in [3.05, 3.63) is 34.9 Å². The lowest BCUT2D eigenvalue weighted by molar-refractivity contribution is -0.137. The molecule has 0 amide bonds. The Kier molecular flexibility index (Phi) is 2.66. The van der Waals surface area contributed by atoms with Crippen molar-refractivity contribution in [2.45, 2.75) is 43.8 Å². The summed E-state index contributed by atoms with van der Waals surface area (Å²) in [7, 11) is 0. The molecule has 1 aromatic carbocycles. The lowest BCUT2D eigenvalue weighted by Gasteiger charge is -2.37. The van der Waals surface area contributed by atoms with Crippen molar-refractivity contribution in [1.82, 2.24) is 5.32 Å². The highest BCUT2D eigenvalue weighted by atomic mass is 19.4. The summed E-state index contributed by atoms with van der Waals surface area (Å²) in [6.07, 6.45) is 0.0249. The second-order valence-electron chi connectivity index (χ2n) is 5.46. The average Bonchev–Trinajstić information content (AvgIpc) is 2.77. The summed E-state index contributed by atoms with van der Waals surface area (Å²) in [5.74, 6) is 0. The Hall–Kier alpha value is -1.03. The molecule has 0 radical (unpaired) electrons. The topological polar surface area (TPSA) is 12.0 Å². The lowest BCUT2D eigenvalue weighted by atomic mass is 9.74. The van der Waals surface area contributed by atoms with Crippen LogP contribution < -0.4 is 5.32 Å². The van der Waals surface area contributed by atoms with E-state index in [0.29, 0.717) is 6.54 Å². The van der Waals surface area contributed by atoms with E-state index in [2.05, 4.69) is 5.32 Å². The average molecular weight is 255 g/mol. The first-order valence-electron chi connectivity index (χ1n) is 6.43. The van der Waals surface area contributed by atoms with Gasteiger partial charge in [0.25, 0.3) is 0 Å². The van der Waals surface area contributed by atoms with Crippen LogP contribution in [0.2, 0.25) is 0 Å². The molecule has 1 aromatic rings. The van der Waals surface area contributed by atoms with Gasteiger partial charge in [-0.05, 0) is 36.1 Å². The smallest absolute Gasteiger partial charge is 0.312 e. The maximum absolute atomic E-state index is 12.8. The predicted octanol–water partition coefficient (Wildman–Crippen LogP) is 3.62. The van der Waals surface area contributed by atoms with Crippen LogP contribution in [0, 0.1) is 0 Å². The zero-order chi connectivity index (χ0) is 12.8. The number of alkyl halides is 3. The number of rotatable bonds is 0. The van der Waals surface area contributed by atoms with Crippen LogP contribution in [0.5, 0.6) is 0 Å². The van der Waals surface area contributed by atoms with E-state index in [1.165, 1.54) is 12.1 Å². The van der Waals surface area contributed by atoms with Gasteiger partial charge in [0.1, 0.15) is 0 Å². The van der Waals surface area contributed by atoms with Crippen LogP contribution in [0.25, 0.3) is 0 Å². The number of halogens is 3. The highest BCUT2D eigenvalue weighted by Gasteiger charge is 2.41. The number of fused-ring (bicyclic) bond motifs is 2. The number of nitrogens with one attached hydrogen (secondary N) is 1. The molecule has 1 spiro atoms. The van der Waals surface area contributed by atoms with Gasteiger partial charge in [0.2, 0.25) is 0 Å². The van der Waals surface area contributed by atoms with Gasteiger partial charge in [0.05, 0.1) is 5.56 Å². The van der Waals surface area contributed by atoms with Gasteiger partial charge in [-0.3, -0.25) is 0 Å². The van der Waals surface area contributed by atoms with Crippen molar-refractivity contribution >= 4 is 0 Å². The molecule has 4 heteroatoms. The van der Waals surface area contributed by atoms with E-state index in [1.807, 2.05) is 0 Å². The Balaban J connectivity index is 2.09. The minimum Gasteiger partial charge on any atom is -0.312 e. The Morgan fingerprint density at radius 2 is 1.83 bits per heavy atom. The third kappa shape index (κ3) is 1.83. The van der Waals surface area contributed by atoms with Gasteiger partial charge in [-0.25, -0.2) is 0 Å². The Morgan fingerprint density at radius 1 is 1.11 bits per heavy atom. The van der Waals surface area contributed by atoms with E-state index in [4.69, 9.17) is 0 Å². The Morgan fingerprint density at radius 3 is 2.50 bits per heavy atom. The maximum Gasteiger partial charge on any atom is 0.416 e. The van der Waals surface area contributed by atoms with Crippen molar-refractivity contribution < 1.29 is 13.2 Å². The molecule has 0 aromatic heterocycles. The predicted molar refractivity (Wildman–Crippen MR) is 63.3 cm³/mol. The third-order valence-electron chi connectivity index (χ3n) is 4.35. The molecule has 1 aliphatic carbocycles. The van der Waals surface area contributed by atoms with Gasteiger partial charge in [0.15, 0.2) is 0 Å². The summed E-state index contributed by atoms with van der Waals surface area (Å²) in [4.78, 5) is 0. The van der Waals surface area contributed by atoms with Gasteiger partial charge in [0, 0.05) is 18.5 Å². The highest BCUT2D eigenvalue weighted by Crippen LogP contribution is 2.45. The van der Waals surface area contributed by atoms with E-state index in [1.54, 1.807) is 6.07 Å². The molecule has 1 saturated carbocycles. The number of hydrogen-bond donors (Lipinski definition) is 1. The monoisotopic (exact) mass is 255 g/mol. The summed E-state index contributed by atoms with van der Waals surface area (Å²) in [6.45, 7) is 1.51. The van der Waals surface area contributed by atoms with Crippen molar-refractivity contribution in [3.63, 3.8) is 0 Å². The molecule has 0 atom stereocenters. The molecule has 2 aliphatic rings. The van der Waals surface area contributed by atoms with Gasteiger partial charge >= 0.3 is 6.18 Å². The van der Waals surface area contributed by atoms with Gasteiger partial charge in [-0.1, -0.05) is 18.9 Å². The highest BCUT2D eigenvalue weighted by molar-refractivity contribution is 5.41. The minimum atomic E-state index is -4.24. The molecule has 0 saturated heterocycles. The molecular formula is C14H16F3N. The fraction of sp³-hybridized carbons (Fsp3) is 0.571. The summed E-state index contributed by atoms with van der Waals surface area (Å²) in [5, 5.41) is 3.35. The van der Waals surface area contributed by atoms with Crippen molar-refractivity contribution in [2.75, 3.05) is 6.54 Å². The molecule has 0 bridgehead atoms. The largest absolute Gasteiger partial charge is 0.416 e. The number of benzene rings is 1. The molecule has 1 fully saturated rings. The van der Waals surface area contributed by atoms with Gasteiger partial charge in [-0.15, -0.1) is 0 Å². The molecule has 0 unspecified atom stereocenters. The molecular weight excluding hydrogens is 239 g/mol. The summed E-state index contributed by atoms with van der Waals surface area (Å²) in [5.41, 5.74) is 1.42. The van der Waals surface area contributed by atoms with E-state index < -0.39 is 11.7 Å². The first kappa shape index (κ1) is 12.0. The Labute approximate surface area is 104 Å². The van der Waals surface area contributed by atoms with Gasteiger partial charge in [-0.2, -0.15) is 13.2 Å². The third-order valence-corrected chi connectivity index (χ3v) is 4.35. The van der Waals surface area contributed by atoms with E-state index >= 15 is 0 Å². The van der Waals surface area contributed by atoms with Crippen LogP contribution in [0.4, 0.5) is 13.2 Å². The Bertz CT molecular complexity index is 459.